The van der Waals surface area contributed by atoms with E-state index in [-0.39, 0.29) is 29.2 Å². The van der Waals surface area contributed by atoms with Crippen LogP contribution in [0.5, 0.6) is 5.88 Å². The van der Waals surface area contributed by atoms with Gasteiger partial charge in [0.2, 0.25) is 5.88 Å². The highest BCUT2D eigenvalue weighted by Gasteiger charge is 2.48. The average Bonchev–Trinajstić information content (AvgIpc) is 3.70. The van der Waals surface area contributed by atoms with Crippen LogP contribution in [0.15, 0.2) is 0 Å². The van der Waals surface area contributed by atoms with Gasteiger partial charge in [-0.15, -0.1) is 0 Å². The van der Waals surface area contributed by atoms with Crippen LogP contribution in [0.25, 0.3) is 10.5 Å². The average molecular weight is 688 g/mol. The number of carbonyl (C=O) groups is 2. The fourth-order valence-electron chi connectivity index (χ4n) is 11.0. The van der Waals surface area contributed by atoms with Crippen LogP contribution in [0.2, 0.25) is 0 Å². The van der Waals surface area contributed by atoms with Crippen LogP contribution in [0.1, 0.15) is 164 Å². The van der Waals surface area contributed by atoms with Crippen molar-refractivity contribution in [2.24, 2.45) is 41.4 Å². The van der Waals surface area contributed by atoms with E-state index in [0.717, 1.165) is 50.3 Å². The first-order valence-corrected chi connectivity index (χ1v) is 20.4. The van der Waals surface area contributed by atoms with E-state index in [9.17, 15) is 9.59 Å². The lowest BCUT2D eigenvalue weighted by Gasteiger charge is -2.50. The summed E-state index contributed by atoms with van der Waals surface area (Å²) in [7, 11) is 3.23. The number of fused-ring (bicyclic) bond motifs is 1. The summed E-state index contributed by atoms with van der Waals surface area (Å²) in [5.74, 6) is 4.63. The van der Waals surface area contributed by atoms with Crippen LogP contribution in [0.4, 0.5) is 10.5 Å². The Balaban J connectivity index is 1.26. The lowest BCUT2D eigenvalue weighted by atomic mass is 9.58. The van der Waals surface area contributed by atoms with Gasteiger partial charge in [-0.2, -0.15) is 0 Å². The van der Waals surface area contributed by atoms with Gasteiger partial charge < -0.3 is 14.4 Å². The Bertz CT molecular complexity index is 1480. The first-order valence-electron chi connectivity index (χ1n) is 20.4. The van der Waals surface area contributed by atoms with Gasteiger partial charge in [0.25, 0.3) is 5.69 Å². The monoisotopic (exact) mass is 687 g/mol. The van der Waals surface area contributed by atoms with Crippen LogP contribution in [-0.4, -0.2) is 51.8 Å². The number of hydrogen-bond donors (Lipinski definition) is 1. The Hall–Kier alpha value is -3.02. The smallest absolute Gasteiger partial charge is 0.414 e. The molecule has 0 saturated heterocycles. The Kier molecular flexibility index (Phi) is 11.1. The van der Waals surface area contributed by atoms with Gasteiger partial charge in [0.15, 0.2) is 5.65 Å². The zero-order chi connectivity index (χ0) is 34.8. The molecular formula is C41H61N5O4. The topological polar surface area (TPSA) is 93.3 Å². The molecule has 1 amide bonds. The van der Waals surface area contributed by atoms with Gasteiger partial charge in [0, 0.05) is 20.0 Å². The van der Waals surface area contributed by atoms with Gasteiger partial charge in [0.05, 0.1) is 6.57 Å². The largest absolute Gasteiger partial charge is 0.459 e. The Labute approximate surface area is 299 Å². The lowest BCUT2D eigenvalue weighted by molar-refractivity contribution is -0.0854. The molecule has 7 rings (SSSR count). The SMILES string of the molecule is [C-]#[N+]c1c(C(=O)OC2C(C3CCCCC3)CC(C3CCCCC3)CC2C2CCCCC2)c2nc(C3CCC(C)CC3)[nH]n2c1OC(=O)N(C)C. The number of esters is 1. The molecule has 1 N–H and O–H groups in total. The van der Waals surface area contributed by atoms with Crippen molar-refractivity contribution in [3.8, 4) is 5.88 Å². The van der Waals surface area contributed by atoms with Crippen molar-refractivity contribution in [2.45, 2.75) is 154 Å². The summed E-state index contributed by atoms with van der Waals surface area (Å²) in [5.41, 5.74) is 0.495. The minimum atomic E-state index is -0.604. The Morgan fingerprint density at radius 3 is 1.84 bits per heavy atom. The van der Waals surface area contributed by atoms with Gasteiger partial charge >= 0.3 is 12.1 Å². The zero-order valence-corrected chi connectivity index (χ0v) is 31.0. The van der Waals surface area contributed by atoms with Crippen LogP contribution < -0.4 is 4.74 Å². The summed E-state index contributed by atoms with van der Waals surface area (Å²) < 4.78 is 14.3. The predicted octanol–water partition coefficient (Wildman–Crippen LogP) is 10.5. The molecule has 5 aliphatic rings. The van der Waals surface area contributed by atoms with Gasteiger partial charge in [-0.1, -0.05) is 116 Å². The molecular weight excluding hydrogens is 626 g/mol. The van der Waals surface area contributed by atoms with Crippen LogP contribution in [0.3, 0.4) is 0 Å². The highest BCUT2D eigenvalue weighted by atomic mass is 16.6. The summed E-state index contributed by atoms with van der Waals surface area (Å²) in [6, 6.07) is 0. The molecule has 2 heterocycles. The van der Waals surface area contributed by atoms with E-state index in [1.165, 1.54) is 101 Å². The number of rotatable bonds is 7. The third-order valence-corrected chi connectivity index (χ3v) is 13.9. The quantitative estimate of drug-likeness (QED) is 0.231. The summed E-state index contributed by atoms with van der Waals surface area (Å²) in [5, 5.41) is 3.37. The maximum Gasteiger partial charge on any atom is 0.414 e. The normalized spacial score (nSPS) is 30.5. The molecule has 5 fully saturated rings. The summed E-state index contributed by atoms with van der Waals surface area (Å²) in [4.78, 5) is 37.9. The first-order chi connectivity index (χ1) is 24.3. The number of nitrogens with zero attached hydrogens (tertiary/aromatic N) is 4. The number of aromatic nitrogens is 3. The molecule has 0 aromatic carbocycles. The number of nitrogens with one attached hydrogen (secondary N) is 1. The number of amides is 1. The molecule has 5 saturated carbocycles. The maximum absolute atomic E-state index is 14.8. The summed E-state index contributed by atoms with van der Waals surface area (Å²) in [6.45, 7) is 10.5. The second-order valence-corrected chi connectivity index (χ2v) is 17.3. The minimum absolute atomic E-state index is 0.00657. The number of carbonyl (C=O) groups excluding carboxylic acids is 2. The summed E-state index contributed by atoms with van der Waals surface area (Å²) in [6.07, 6.45) is 25.2. The molecule has 0 bridgehead atoms. The molecule has 0 spiro atoms. The number of hydrogen-bond acceptors (Lipinski definition) is 5. The van der Waals surface area contributed by atoms with E-state index < -0.39 is 12.1 Å². The molecule has 50 heavy (non-hydrogen) atoms. The van der Waals surface area contributed by atoms with E-state index >= 15 is 0 Å². The molecule has 274 valence electrons. The molecule has 9 nitrogen and oxygen atoms in total. The molecule has 5 aliphatic carbocycles. The Morgan fingerprint density at radius 2 is 1.32 bits per heavy atom. The Morgan fingerprint density at radius 1 is 0.780 bits per heavy atom. The second kappa shape index (κ2) is 15.7. The molecule has 9 heteroatoms. The maximum atomic E-state index is 14.8. The first kappa shape index (κ1) is 35.4. The molecule has 2 aromatic heterocycles. The fraction of sp³-hybridized carbons (Fsp3) is 0.805. The van der Waals surface area contributed by atoms with E-state index in [4.69, 9.17) is 21.0 Å². The van der Waals surface area contributed by atoms with Gasteiger partial charge in [-0.25, -0.2) is 23.9 Å². The van der Waals surface area contributed by atoms with Crippen molar-refractivity contribution < 1.29 is 19.1 Å². The molecule has 0 aliphatic heterocycles. The summed E-state index contributed by atoms with van der Waals surface area (Å²) >= 11 is 0. The highest BCUT2D eigenvalue weighted by molar-refractivity contribution is 6.05. The van der Waals surface area contributed by atoms with E-state index in [2.05, 4.69) is 16.9 Å². The molecule has 2 atom stereocenters. The van der Waals surface area contributed by atoms with Crippen LogP contribution in [0, 0.1) is 48.0 Å². The third kappa shape index (κ3) is 7.33. The second-order valence-electron chi connectivity index (χ2n) is 17.3. The molecule has 2 aromatic rings. The number of H-pyrrole nitrogens is 1. The van der Waals surface area contributed by atoms with Crippen LogP contribution in [-0.2, 0) is 4.74 Å². The lowest BCUT2D eigenvalue weighted by Crippen LogP contribution is -2.48. The number of ether oxygens (including phenoxy) is 2. The minimum Gasteiger partial charge on any atom is -0.459 e. The van der Waals surface area contributed by atoms with Crippen molar-refractivity contribution in [1.82, 2.24) is 19.5 Å². The van der Waals surface area contributed by atoms with Crippen LogP contribution >= 0.6 is 0 Å². The van der Waals surface area contributed by atoms with Crippen molar-refractivity contribution in [3.63, 3.8) is 0 Å². The van der Waals surface area contributed by atoms with Crippen molar-refractivity contribution in [2.75, 3.05) is 14.1 Å². The van der Waals surface area contributed by atoms with Crippen molar-refractivity contribution in [1.29, 1.82) is 0 Å². The van der Waals surface area contributed by atoms with E-state index in [1.54, 1.807) is 18.6 Å². The highest BCUT2D eigenvalue weighted by Crippen LogP contribution is 2.52. The predicted molar refractivity (Wildman–Crippen MR) is 195 cm³/mol. The third-order valence-electron chi connectivity index (χ3n) is 13.9. The van der Waals surface area contributed by atoms with Gasteiger partial charge in [0.1, 0.15) is 17.5 Å². The van der Waals surface area contributed by atoms with Crippen molar-refractivity contribution in [3.05, 3.63) is 22.8 Å². The fourth-order valence-corrected chi connectivity index (χ4v) is 11.0. The number of aromatic amines is 1. The molecule has 0 radical (unpaired) electrons. The van der Waals surface area contributed by atoms with E-state index in [1.807, 2.05) is 0 Å². The van der Waals surface area contributed by atoms with Gasteiger partial charge in [-0.05, 0) is 67.1 Å². The standard InChI is InChI=1S/C41H61N5O4/c1-26-20-22-30(23-21-26)37-43-38-34(35(42-2)39(46(38)44-37)50-41(48)45(3)4)40(47)49-36-32(28-16-10-6-11-17-28)24-31(27-14-8-5-9-15-27)25-33(36)29-18-12-7-13-19-29/h26-33,36H,5-25H2,1,3-4H3,(H,43,44). The van der Waals surface area contributed by atoms with Gasteiger partial charge in [-0.3, -0.25) is 5.10 Å². The van der Waals surface area contributed by atoms with E-state index in [0.29, 0.717) is 41.2 Å². The zero-order valence-electron chi connectivity index (χ0n) is 31.0. The van der Waals surface area contributed by atoms with Crippen molar-refractivity contribution >= 4 is 23.4 Å². The molecule has 2 unspecified atom stereocenters.